The van der Waals surface area contributed by atoms with E-state index in [0.29, 0.717) is 6.61 Å². The molecule has 0 amide bonds. The summed E-state index contributed by atoms with van der Waals surface area (Å²) >= 11 is 0. The van der Waals surface area contributed by atoms with Gasteiger partial charge in [-0.3, -0.25) is 0 Å². The largest absolute Gasteiger partial charge is 0.493 e. The van der Waals surface area contributed by atoms with Crippen LogP contribution in [0.3, 0.4) is 0 Å². The summed E-state index contributed by atoms with van der Waals surface area (Å²) in [6, 6.07) is 4.20. The molecule has 1 aromatic rings. The molecule has 1 aromatic carbocycles. The van der Waals surface area contributed by atoms with E-state index in [9.17, 15) is 0 Å². The number of benzene rings is 1. The van der Waals surface area contributed by atoms with Crippen LogP contribution in [0.1, 0.15) is 57.6 Å². The Labute approximate surface area is 128 Å². The van der Waals surface area contributed by atoms with E-state index >= 15 is 0 Å². The van der Waals surface area contributed by atoms with E-state index in [4.69, 9.17) is 14.2 Å². The Morgan fingerprint density at radius 2 is 1.86 bits per heavy atom. The predicted molar refractivity (Wildman–Crippen MR) is 85.2 cm³/mol. The molecule has 0 saturated carbocycles. The highest BCUT2D eigenvalue weighted by Crippen LogP contribution is 2.36. The molecule has 3 nitrogen and oxygen atoms in total. The van der Waals surface area contributed by atoms with Crippen molar-refractivity contribution in [1.29, 1.82) is 0 Å². The number of fused-ring (bicyclic) bond motifs is 1. The summed E-state index contributed by atoms with van der Waals surface area (Å²) in [6.07, 6.45) is 5.76. The lowest BCUT2D eigenvalue weighted by Gasteiger charge is -2.32. The number of rotatable bonds is 7. The quantitative estimate of drug-likeness (QED) is 0.692. The van der Waals surface area contributed by atoms with Crippen molar-refractivity contribution in [2.45, 2.75) is 65.1 Å². The first-order valence-electron chi connectivity index (χ1n) is 8.02. The summed E-state index contributed by atoms with van der Waals surface area (Å²) in [5, 5.41) is 0. The van der Waals surface area contributed by atoms with Crippen LogP contribution in [0, 0.1) is 0 Å². The van der Waals surface area contributed by atoms with Crippen molar-refractivity contribution >= 4 is 0 Å². The van der Waals surface area contributed by atoms with Gasteiger partial charge in [-0.15, -0.1) is 0 Å². The Bertz CT molecular complexity index is 466. The van der Waals surface area contributed by atoms with Crippen molar-refractivity contribution in [3.8, 4) is 11.5 Å². The standard InChI is InChI=1S/C18H28O3/c1-5-6-7-8-9-20-17-10-14-12-18(2,3)21-13-15(14)11-16(17)19-4/h10-11H,5-9,12-13H2,1-4H3. The molecule has 1 aliphatic heterocycles. The molecule has 2 rings (SSSR count). The monoisotopic (exact) mass is 292 g/mol. The maximum atomic E-state index is 5.94. The average molecular weight is 292 g/mol. The third-order valence-electron chi connectivity index (χ3n) is 3.98. The summed E-state index contributed by atoms with van der Waals surface area (Å²) in [4.78, 5) is 0. The smallest absolute Gasteiger partial charge is 0.161 e. The molecular formula is C18H28O3. The first-order valence-corrected chi connectivity index (χ1v) is 8.02. The van der Waals surface area contributed by atoms with Crippen LogP contribution in [0.2, 0.25) is 0 Å². The molecule has 0 radical (unpaired) electrons. The molecule has 0 atom stereocenters. The van der Waals surface area contributed by atoms with E-state index in [1.165, 1.54) is 30.4 Å². The topological polar surface area (TPSA) is 27.7 Å². The molecule has 0 aromatic heterocycles. The van der Waals surface area contributed by atoms with Gasteiger partial charge < -0.3 is 14.2 Å². The molecule has 1 heterocycles. The summed E-state index contributed by atoms with van der Waals surface area (Å²) in [6.45, 7) is 7.89. The first-order chi connectivity index (χ1) is 10.1. The van der Waals surface area contributed by atoms with Crippen molar-refractivity contribution in [1.82, 2.24) is 0 Å². The fraction of sp³-hybridized carbons (Fsp3) is 0.667. The Morgan fingerprint density at radius 1 is 1.10 bits per heavy atom. The third-order valence-corrected chi connectivity index (χ3v) is 3.98. The Balaban J connectivity index is 2.06. The van der Waals surface area contributed by atoms with Crippen LogP contribution in [-0.2, 0) is 17.8 Å². The first kappa shape index (κ1) is 16.2. The minimum atomic E-state index is -0.0972. The van der Waals surface area contributed by atoms with Crippen molar-refractivity contribution in [3.05, 3.63) is 23.3 Å². The maximum absolute atomic E-state index is 5.94. The van der Waals surface area contributed by atoms with Gasteiger partial charge in [0.05, 0.1) is 25.9 Å². The van der Waals surface area contributed by atoms with Gasteiger partial charge in [-0.25, -0.2) is 0 Å². The van der Waals surface area contributed by atoms with E-state index in [0.717, 1.165) is 30.9 Å². The van der Waals surface area contributed by atoms with E-state index in [-0.39, 0.29) is 5.60 Å². The van der Waals surface area contributed by atoms with Crippen LogP contribution in [0.5, 0.6) is 11.5 Å². The Hall–Kier alpha value is -1.22. The second-order valence-corrected chi connectivity index (χ2v) is 6.41. The highest BCUT2D eigenvalue weighted by molar-refractivity contribution is 5.48. The third kappa shape index (κ3) is 4.37. The molecule has 0 N–H and O–H groups in total. The molecular weight excluding hydrogens is 264 g/mol. The van der Waals surface area contributed by atoms with Gasteiger partial charge in [0.1, 0.15) is 0 Å². The number of unbranched alkanes of at least 4 members (excludes halogenated alkanes) is 3. The SMILES string of the molecule is CCCCCCOc1cc2c(cc1OC)COC(C)(C)C2. The van der Waals surface area contributed by atoms with Crippen LogP contribution >= 0.6 is 0 Å². The average Bonchev–Trinajstić information content (AvgIpc) is 2.45. The number of ether oxygens (including phenoxy) is 3. The van der Waals surface area contributed by atoms with Crippen LogP contribution < -0.4 is 9.47 Å². The molecule has 0 aliphatic carbocycles. The second kappa shape index (κ2) is 7.17. The summed E-state index contributed by atoms with van der Waals surface area (Å²) < 4.78 is 17.3. The Morgan fingerprint density at radius 3 is 2.57 bits per heavy atom. The van der Waals surface area contributed by atoms with Crippen molar-refractivity contribution in [3.63, 3.8) is 0 Å². The van der Waals surface area contributed by atoms with Crippen molar-refractivity contribution in [2.75, 3.05) is 13.7 Å². The van der Waals surface area contributed by atoms with Crippen molar-refractivity contribution < 1.29 is 14.2 Å². The Kier molecular flexibility index (Phi) is 5.51. The van der Waals surface area contributed by atoms with E-state index in [1.54, 1.807) is 7.11 Å². The molecule has 118 valence electrons. The zero-order valence-electron chi connectivity index (χ0n) is 13.8. The van der Waals surface area contributed by atoms with Gasteiger partial charge in [-0.2, -0.15) is 0 Å². The van der Waals surface area contributed by atoms with E-state index in [1.807, 2.05) is 0 Å². The maximum Gasteiger partial charge on any atom is 0.161 e. The minimum Gasteiger partial charge on any atom is -0.493 e. The lowest BCUT2D eigenvalue weighted by molar-refractivity contribution is -0.0402. The highest BCUT2D eigenvalue weighted by atomic mass is 16.5. The predicted octanol–water partition coefficient (Wildman–Crippen LogP) is 4.51. The zero-order valence-corrected chi connectivity index (χ0v) is 13.8. The lowest BCUT2D eigenvalue weighted by atomic mass is 9.91. The molecule has 21 heavy (non-hydrogen) atoms. The number of methoxy groups -OCH3 is 1. The molecule has 0 bridgehead atoms. The van der Waals surface area contributed by atoms with Gasteiger partial charge >= 0.3 is 0 Å². The normalized spacial score (nSPS) is 16.4. The molecule has 0 unspecified atom stereocenters. The minimum absolute atomic E-state index is 0.0972. The molecule has 0 spiro atoms. The van der Waals surface area contributed by atoms with Crippen molar-refractivity contribution in [2.24, 2.45) is 0 Å². The van der Waals surface area contributed by atoms with E-state index in [2.05, 4.69) is 32.9 Å². The molecule has 3 heteroatoms. The number of hydrogen-bond acceptors (Lipinski definition) is 3. The van der Waals surface area contributed by atoms with Gasteiger partial charge in [0.25, 0.3) is 0 Å². The van der Waals surface area contributed by atoms with Gasteiger partial charge in [0.15, 0.2) is 11.5 Å². The van der Waals surface area contributed by atoms with Gasteiger partial charge in [-0.05, 0) is 43.5 Å². The lowest BCUT2D eigenvalue weighted by Crippen LogP contribution is -2.31. The fourth-order valence-electron chi connectivity index (χ4n) is 2.71. The number of hydrogen-bond donors (Lipinski definition) is 0. The summed E-state index contributed by atoms with van der Waals surface area (Å²) in [7, 11) is 1.69. The molecule has 0 saturated heterocycles. The van der Waals surface area contributed by atoms with E-state index < -0.39 is 0 Å². The van der Waals surface area contributed by atoms with Gasteiger partial charge in [-0.1, -0.05) is 26.2 Å². The van der Waals surface area contributed by atoms with Gasteiger partial charge in [0.2, 0.25) is 0 Å². The summed E-state index contributed by atoms with van der Waals surface area (Å²) in [5.41, 5.74) is 2.43. The van der Waals surface area contributed by atoms with Crippen LogP contribution in [-0.4, -0.2) is 19.3 Å². The second-order valence-electron chi connectivity index (χ2n) is 6.41. The molecule has 0 fully saturated rings. The molecule has 1 aliphatic rings. The van der Waals surface area contributed by atoms with Crippen LogP contribution in [0.15, 0.2) is 12.1 Å². The van der Waals surface area contributed by atoms with Gasteiger partial charge in [0, 0.05) is 6.42 Å². The fourth-order valence-corrected chi connectivity index (χ4v) is 2.71. The highest BCUT2D eigenvalue weighted by Gasteiger charge is 2.27. The zero-order chi connectivity index (χ0) is 15.3. The van der Waals surface area contributed by atoms with Crippen LogP contribution in [0.25, 0.3) is 0 Å². The van der Waals surface area contributed by atoms with Crippen LogP contribution in [0.4, 0.5) is 0 Å². The summed E-state index contributed by atoms with van der Waals surface area (Å²) in [5.74, 6) is 1.68.